The van der Waals surface area contributed by atoms with Gasteiger partial charge in [0.2, 0.25) is 5.79 Å². The predicted octanol–water partition coefficient (Wildman–Crippen LogP) is 4.04. The van der Waals surface area contributed by atoms with E-state index in [1.165, 1.54) is 19.3 Å². The Balaban J connectivity index is 1.54. The zero-order valence-corrected chi connectivity index (χ0v) is 14.4. The minimum absolute atomic E-state index is 0.465. The first-order chi connectivity index (χ1) is 11.6. The van der Waals surface area contributed by atoms with Crippen LogP contribution >= 0.6 is 11.6 Å². The van der Waals surface area contributed by atoms with Crippen LogP contribution in [0.3, 0.4) is 0 Å². The van der Waals surface area contributed by atoms with Crippen molar-refractivity contribution in [2.75, 3.05) is 19.7 Å². The number of ether oxygens (including phenoxy) is 1. The third-order valence-corrected chi connectivity index (χ3v) is 5.45. The molecule has 0 saturated carbocycles. The largest absolute Gasteiger partial charge is 0.361 e. The first-order valence-corrected chi connectivity index (χ1v) is 8.99. The molecule has 126 valence electrons. The van der Waals surface area contributed by atoms with E-state index in [0.29, 0.717) is 19.2 Å². The van der Waals surface area contributed by atoms with Gasteiger partial charge in [-0.25, -0.2) is 0 Å². The zero-order valence-electron chi connectivity index (χ0n) is 13.6. The van der Waals surface area contributed by atoms with E-state index in [1.54, 1.807) is 0 Å². The lowest BCUT2D eigenvalue weighted by Crippen LogP contribution is -2.56. The Morgan fingerprint density at radius 2 is 1.67 bits per heavy atom. The molecule has 2 saturated heterocycles. The molecule has 4 rings (SSSR count). The number of piperidine rings is 1. The van der Waals surface area contributed by atoms with E-state index in [2.05, 4.69) is 4.90 Å². The van der Waals surface area contributed by atoms with Crippen LogP contribution < -0.4 is 0 Å². The molecule has 2 aromatic rings. The normalized spacial score (nSPS) is 27.7. The van der Waals surface area contributed by atoms with Gasteiger partial charge in [0.1, 0.15) is 0 Å². The highest BCUT2D eigenvalue weighted by atomic mass is 35.5. The van der Waals surface area contributed by atoms with E-state index >= 15 is 0 Å². The maximum absolute atomic E-state index is 11.0. The summed E-state index contributed by atoms with van der Waals surface area (Å²) < 4.78 is 5.88. The van der Waals surface area contributed by atoms with E-state index in [-0.39, 0.29) is 0 Å². The summed E-state index contributed by atoms with van der Waals surface area (Å²) in [6.07, 6.45) is 3.65. The van der Waals surface area contributed by atoms with Crippen LogP contribution in [0.15, 0.2) is 48.5 Å². The molecular weight excluding hydrogens is 322 g/mol. The number of rotatable bonds is 2. The molecule has 2 aromatic carbocycles. The van der Waals surface area contributed by atoms with Gasteiger partial charge < -0.3 is 9.84 Å². The van der Waals surface area contributed by atoms with E-state index in [4.69, 9.17) is 16.3 Å². The molecular formula is C20H22ClNO2. The van der Waals surface area contributed by atoms with E-state index < -0.39 is 5.79 Å². The smallest absolute Gasteiger partial charge is 0.205 e. The highest BCUT2D eigenvalue weighted by molar-refractivity contribution is 6.30. The number of halogens is 1. The second-order valence-corrected chi connectivity index (χ2v) is 7.24. The number of hydrogen-bond donors (Lipinski definition) is 1. The van der Waals surface area contributed by atoms with Crippen LogP contribution in [0.5, 0.6) is 0 Å². The first-order valence-electron chi connectivity index (χ1n) is 8.61. The Morgan fingerprint density at radius 1 is 1.00 bits per heavy atom. The average Bonchev–Trinajstić information content (AvgIpc) is 2.62. The van der Waals surface area contributed by atoms with Crippen LogP contribution in [0.25, 0.3) is 11.1 Å². The second-order valence-electron chi connectivity index (χ2n) is 6.80. The lowest BCUT2D eigenvalue weighted by molar-refractivity contribution is -0.264. The molecule has 0 amide bonds. The molecule has 1 N–H and O–H groups in total. The van der Waals surface area contributed by atoms with Gasteiger partial charge in [-0.15, -0.1) is 0 Å². The molecule has 24 heavy (non-hydrogen) atoms. The average molecular weight is 344 g/mol. The summed E-state index contributed by atoms with van der Waals surface area (Å²) in [4.78, 5) is 2.38. The van der Waals surface area contributed by atoms with Crippen molar-refractivity contribution < 1.29 is 9.84 Å². The van der Waals surface area contributed by atoms with Crippen molar-refractivity contribution >= 4 is 11.6 Å². The summed E-state index contributed by atoms with van der Waals surface area (Å²) >= 11 is 5.95. The van der Waals surface area contributed by atoms with E-state index in [0.717, 1.165) is 28.3 Å². The second kappa shape index (κ2) is 6.49. The first kappa shape index (κ1) is 16.1. The van der Waals surface area contributed by atoms with Crippen molar-refractivity contribution in [2.24, 2.45) is 0 Å². The van der Waals surface area contributed by atoms with Crippen LogP contribution in [0.4, 0.5) is 0 Å². The molecule has 0 aliphatic carbocycles. The van der Waals surface area contributed by atoms with Crippen molar-refractivity contribution in [3.8, 4) is 11.1 Å². The van der Waals surface area contributed by atoms with Crippen LogP contribution in [-0.4, -0.2) is 35.7 Å². The summed E-state index contributed by atoms with van der Waals surface area (Å²) in [5, 5.41) is 11.7. The molecule has 2 fully saturated rings. The lowest BCUT2D eigenvalue weighted by Gasteiger charge is -2.46. The maximum atomic E-state index is 11.0. The monoisotopic (exact) mass is 343 g/mol. The Bertz CT molecular complexity index is 701. The summed E-state index contributed by atoms with van der Waals surface area (Å²) in [7, 11) is 0. The molecule has 2 aliphatic rings. The van der Waals surface area contributed by atoms with Crippen molar-refractivity contribution in [3.63, 3.8) is 0 Å². The van der Waals surface area contributed by atoms with Crippen molar-refractivity contribution in [1.29, 1.82) is 0 Å². The molecule has 2 unspecified atom stereocenters. The summed E-state index contributed by atoms with van der Waals surface area (Å²) in [5.41, 5.74) is 3.04. The van der Waals surface area contributed by atoms with Gasteiger partial charge in [0.25, 0.3) is 0 Å². The summed E-state index contributed by atoms with van der Waals surface area (Å²) in [6.45, 7) is 2.21. The van der Waals surface area contributed by atoms with Crippen LogP contribution in [-0.2, 0) is 10.5 Å². The molecule has 4 heteroatoms. The van der Waals surface area contributed by atoms with Crippen LogP contribution in [0.1, 0.15) is 24.8 Å². The number of fused-ring (bicyclic) bond motifs is 1. The standard InChI is InChI=1S/C20H22ClNO2/c21-18-10-6-16(7-11-18)15-4-8-17(9-5-15)20(23)14-22-12-2-1-3-19(22)13-24-20/h4-11,19,23H,1-3,12-14H2. The molecule has 0 spiro atoms. The SMILES string of the molecule is OC1(c2ccc(-c3ccc(Cl)cc3)cc2)CN2CCCCC2CO1. The number of benzene rings is 2. The third-order valence-electron chi connectivity index (χ3n) is 5.19. The number of hydrogen-bond acceptors (Lipinski definition) is 3. The van der Waals surface area contributed by atoms with Gasteiger partial charge in [-0.05, 0) is 42.6 Å². The van der Waals surface area contributed by atoms with Crippen molar-refractivity contribution in [3.05, 3.63) is 59.1 Å². The molecule has 2 aliphatic heterocycles. The molecule has 3 nitrogen and oxygen atoms in total. The van der Waals surface area contributed by atoms with Crippen LogP contribution in [0, 0.1) is 0 Å². The van der Waals surface area contributed by atoms with Crippen LogP contribution in [0.2, 0.25) is 5.02 Å². The topological polar surface area (TPSA) is 32.7 Å². The summed E-state index contributed by atoms with van der Waals surface area (Å²) in [5.74, 6) is -1.20. The van der Waals surface area contributed by atoms with Gasteiger partial charge in [-0.1, -0.05) is 54.4 Å². The quantitative estimate of drug-likeness (QED) is 0.893. The Labute approximate surface area is 147 Å². The Hall–Kier alpha value is -1.39. The number of morpholine rings is 1. The van der Waals surface area contributed by atoms with Gasteiger partial charge in [-0.2, -0.15) is 0 Å². The Kier molecular flexibility index (Phi) is 4.35. The zero-order chi connectivity index (χ0) is 16.6. The third kappa shape index (κ3) is 3.09. The van der Waals surface area contributed by atoms with Crippen molar-refractivity contribution in [2.45, 2.75) is 31.1 Å². The minimum Gasteiger partial charge on any atom is -0.361 e. The fourth-order valence-corrected chi connectivity index (χ4v) is 3.88. The number of nitrogens with zero attached hydrogens (tertiary/aromatic N) is 1. The van der Waals surface area contributed by atoms with Gasteiger partial charge in [-0.3, -0.25) is 4.90 Å². The van der Waals surface area contributed by atoms with Gasteiger partial charge in [0.05, 0.1) is 13.2 Å². The fourth-order valence-electron chi connectivity index (χ4n) is 3.75. The molecule has 2 heterocycles. The lowest BCUT2D eigenvalue weighted by atomic mass is 9.95. The van der Waals surface area contributed by atoms with E-state index in [9.17, 15) is 5.11 Å². The molecule has 0 aromatic heterocycles. The van der Waals surface area contributed by atoms with Gasteiger partial charge >= 0.3 is 0 Å². The molecule has 2 atom stereocenters. The highest BCUT2D eigenvalue weighted by Crippen LogP contribution is 2.33. The van der Waals surface area contributed by atoms with Gasteiger partial charge in [0.15, 0.2) is 0 Å². The highest BCUT2D eigenvalue weighted by Gasteiger charge is 2.41. The van der Waals surface area contributed by atoms with Crippen molar-refractivity contribution in [1.82, 2.24) is 4.90 Å². The minimum atomic E-state index is -1.20. The summed E-state index contributed by atoms with van der Waals surface area (Å²) in [6, 6.07) is 16.2. The predicted molar refractivity (Wildman–Crippen MR) is 95.9 cm³/mol. The molecule has 0 radical (unpaired) electrons. The van der Waals surface area contributed by atoms with E-state index in [1.807, 2.05) is 48.5 Å². The maximum Gasteiger partial charge on any atom is 0.205 e. The Morgan fingerprint density at radius 3 is 2.38 bits per heavy atom. The fraction of sp³-hybridized carbons (Fsp3) is 0.400. The van der Waals surface area contributed by atoms with Gasteiger partial charge in [0, 0.05) is 16.6 Å². The molecule has 0 bridgehead atoms. The number of aliphatic hydroxyl groups is 1.